The molecule has 0 aromatic carbocycles. The third kappa shape index (κ3) is 2.66. The second kappa shape index (κ2) is 6.31. The van der Waals surface area contributed by atoms with Gasteiger partial charge in [-0.15, -0.1) is 0 Å². The van der Waals surface area contributed by atoms with Gasteiger partial charge in [-0.25, -0.2) is 0 Å². The fourth-order valence-corrected chi connectivity index (χ4v) is 8.48. The van der Waals surface area contributed by atoms with Crippen LogP contribution in [-0.2, 0) is 6.61 Å². The molecule has 0 spiro atoms. The monoisotopic (exact) mass is 387 g/mol. The summed E-state index contributed by atoms with van der Waals surface area (Å²) in [6.07, 6.45) is 10.9. The Balaban J connectivity index is 1.41. The maximum atomic E-state index is 10.7. The Bertz CT molecular complexity index is 742. The Kier molecular flexibility index (Phi) is 4.31. The molecule has 0 amide bonds. The molecule has 0 bridgehead atoms. The highest BCUT2D eigenvalue weighted by Gasteiger charge is 2.61. The molecule has 4 heteroatoms. The molecule has 5 rings (SSSR count). The summed E-state index contributed by atoms with van der Waals surface area (Å²) in [6.45, 7) is 7.06. The van der Waals surface area contributed by atoms with Crippen molar-refractivity contribution in [2.45, 2.75) is 96.7 Å². The molecule has 8 atom stereocenters. The van der Waals surface area contributed by atoms with E-state index in [1.54, 1.807) is 0 Å². The second-order valence-electron chi connectivity index (χ2n) is 11.4. The number of aliphatic hydroxyl groups is 2. The van der Waals surface area contributed by atoms with E-state index in [9.17, 15) is 10.2 Å². The van der Waals surface area contributed by atoms with Gasteiger partial charge in [-0.1, -0.05) is 19.0 Å². The number of nitrogens with zero attached hydrogens (tertiary/aromatic N) is 1. The predicted octanol–water partition coefficient (Wildman–Crippen LogP) is 5.04. The number of hydrogen-bond acceptors (Lipinski definition) is 4. The quantitative estimate of drug-likeness (QED) is 0.746. The summed E-state index contributed by atoms with van der Waals surface area (Å²) >= 11 is 0. The fourth-order valence-electron chi connectivity index (χ4n) is 8.48. The lowest BCUT2D eigenvalue weighted by Gasteiger charge is -2.61. The standard InChI is InChI=1S/C24H37NO3/c1-22(27)10-11-23(2)15(13-22)4-5-17-18-6-7-20(21-12-16(14-26)28-25-21)24(18,3)9-8-19(17)23/h12,15,17-20,26-27H,4-11,13-14H2,1-3H3/t15-,17+,18+,19+,20-,22-,23+,24+/m1/s1. The van der Waals surface area contributed by atoms with Gasteiger partial charge in [0.2, 0.25) is 0 Å². The van der Waals surface area contributed by atoms with E-state index in [0.29, 0.717) is 28.4 Å². The van der Waals surface area contributed by atoms with Crippen molar-refractivity contribution in [2.75, 3.05) is 0 Å². The van der Waals surface area contributed by atoms with Gasteiger partial charge in [-0.2, -0.15) is 0 Å². The van der Waals surface area contributed by atoms with Gasteiger partial charge < -0.3 is 14.7 Å². The third-order valence-electron chi connectivity index (χ3n) is 10.0. The molecule has 2 N–H and O–H groups in total. The zero-order valence-corrected chi connectivity index (χ0v) is 17.8. The lowest BCUT2D eigenvalue weighted by Crippen LogP contribution is -2.55. The van der Waals surface area contributed by atoms with E-state index in [1.165, 1.54) is 44.9 Å². The largest absolute Gasteiger partial charge is 0.390 e. The van der Waals surface area contributed by atoms with E-state index in [1.807, 2.05) is 6.07 Å². The molecule has 0 aliphatic heterocycles. The maximum absolute atomic E-state index is 10.7. The molecule has 0 saturated heterocycles. The van der Waals surface area contributed by atoms with Gasteiger partial charge in [0, 0.05) is 12.0 Å². The summed E-state index contributed by atoms with van der Waals surface area (Å²) in [5, 5.41) is 24.4. The molecule has 0 unspecified atom stereocenters. The minimum Gasteiger partial charge on any atom is -0.390 e. The van der Waals surface area contributed by atoms with Crippen LogP contribution in [0.25, 0.3) is 0 Å². The van der Waals surface area contributed by atoms with E-state index in [0.717, 1.165) is 36.3 Å². The van der Waals surface area contributed by atoms with Gasteiger partial charge in [-0.3, -0.25) is 0 Å². The smallest absolute Gasteiger partial charge is 0.162 e. The normalized spacial score (nSPS) is 50.7. The molecule has 1 aromatic rings. The Morgan fingerprint density at radius 3 is 2.54 bits per heavy atom. The van der Waals surface area contributed by atoms with Crippen molar-refractivity contribution >= 4 is 0 Å². The predicted molar refractivity (Wildman–Crippen MR) is 108 cm³/mol. The van der Waals surface area contributed by atoms with Crippen molar-refractivity contribution in [2.24, 2.45) is 34.5 Å². The van der Waals surface area contributed by atoms with Crippen molar-refractivity contribution in [1.82, 2.24) is 5.16 Å². The molecule has 4 aliphatic rings. The van der Waals surface area contributed by atoms with Crippen LogP contribution in [0.1, 0.15) is 95.9 Å². The lowest BCUT2D eigenvalue weighted by atomic mass is 9.44. The average Bonchev–Trinajstić information content (AvgIpc) is 3.25. The van der Waals surface area contributed by atoms with Gasteiger partial charge in [-0.05, 0) is 99.2 Å². The van der Waals surface area contributed by atoms with Gasteiger partial charge >= 0.3 is 0 Å². The topological polar surface area (TPSA) is 66.5 Å². The van der Waals surface area contributed by atoms with Crippen LogP contribution >= 0.6 is 0 Å². The van der Waals surface area contributed by atoms with Crippen molar-refractivity contribution in [3.8, 4) is 0 Å². The zero-order chi connectivity index (χ0) is 19.7. The molecule has 4 aliphatic carbocycles. The Morgan fingerprint density at radius 1 is 1.00 bits per heavy atom. The zero-order valence-electron chi connectivity index (χ0n) is 17.8. The van der Waals surface area contributed by atoms with Gasteiger partial charge in [0.15, 0.2) is 5.76 Å². The molecule has 28 heavy (non-hydrogen) atoms. The summed E-state index contributed by atoms with van der Waals surface area (Å²) in [5.41, 5.74) is 1.35. The number of aromatic nitrogens is 1. The van der Waals surface area contributed by atoms with Crippen LogP contribution in [0, 0.1) is 34.5 Å². The van der Waals surface area contributed by atoms with Crippen molar-refractivity contribution in [3.05, 3.63) is 17.5 Å². The highest BCUT2D eigenvalue weighted by Crippen LogP contribution is 2.69. The summed E-state index contributed by atoms with van der Waals surface area (Å²) < 4.78 is 5.34. The average molecular weight is 388 g/mol. The second-order valence-corrected chi connectivity index (χ2v) is 11.4. The Hall–Kier alpha value is -0.870. The lowest BCUT2D eigenvalue weighted by molar-refractivity contribution is -0.143. The van der Waals surface area contributed by atoms with Crippen LogP contribution in [0.2, 0.25) is 0 Å². The first-order chi connectivity index (χ1) is 13.3. The molecule has 0 radical (unpaired) electrons. The highest BCUT2D eigenvalue weighted by atomic mass is 16.5. The highest BCUT2D eigenvalue weighted by molar-refractivity contribution is 5.20. The Morgan fingerprint density at radius 2 is 1.79 bits per heavy atom. The van der Waals surface area contributed by atoms with Crippen molar-refractivity contribution < 1.29 is 14.7 Å². The van der Waals surface area contributed by atoms with Crippen LogP contribution in [-0.4, -0.2) is 21.0 Å². The summed E-state index contributed by atoms with van der Waals surface area (Å²) in [5.74, 6) is 4.20. The number of rotatable bonds is 2. The van der Waals surface area contributed by atoms with E-state index in [4.69, 9.17) is 4.52 Å². The summed E-state index contributed by atoms with van der Waals surface area (Å²) in [4.78, 5) is 0. The van der Waals surface area contributed by atoms with Gasteiger partial charge in [0.25, 0.3) is 0 Å². The number of aliphatic hydroxyl groups excluding tert-OH is 1. The van der Waals surface area contributed by atoms with Crippen LogP contribution < -0.4 is 0 Å². The van der Waals surface area contributed by atoms with E-state index < -0.39 is 5.60 Å². The fraction of sp³-hybridized carbons (Fsp3) is 0.875. The van der Waals surface area contributed by atoms with Crippen LogP contribution in [0.3, 0.4) is 0 Å². The summed E-state index contributed by atoms with van der Waals surface area (Å²) in [7, 11) is 0. The number of hydrogen-bond donors (Lipinski definition) is 2. The van der Waals surface area contributed by atoms with Gasteiger partial charge in [0.1, 0.15) is 6.61 Å². The molecular weight excluding hydrogens is 350 g/mol. The summed E-state index contributed by atoms with van der Waals surface area (Å²) in [6, 6.07) is 1.99. The van der Waals surface area contributed by atoms with E-state index in [2.05, 4.69) is 25.9 Å². The SMILES string of the molecule is C[C@@]1(O)CC[C@@]2(C)[C@H](CC[C@@H]3[C@@H]2CC[C@]2(C)[C@@H](c4cc(CO)on4)CC[C@@H]32)C1. The molecular formula is C24H37NO3. The first-order valence-electron chi connectivity index (χ1n) is 11.6. The molecule has 4 nitrogen and oxygen atoms in total. The molecule has 156 valence electrons. The third-order valence-corrected chi connectivity index (χ3v) is 10.0. The molecule has 1 heterocycles. The van der Waals surface area contributed by atoms with Crippen molar-refractivity contribution in [3.63, 3.8) is 0 Å². The molecule has 4 fully saturated rings. The van der Waals surface area contributed by atoms with Gasteiger partial charge in [0.05, 0.1) is 11.3 Å². The van der Waals surface area contributed by atoms with Crippen LogP contribution in [0.4, 0.5) is 0 Å². The van der Waals surface area contributed by atoms with Crippen molar-refractivity contribution in [1.29, 1.82) is 0 Å². The Labute approximate surface area is 169 Å². The maximum Gasteiger partial charge on any atom is 0.162 e. The first kappa shape index (κ1) is 19.1. The molecule has 4 saturated carbocycles. The first-order valence-corrected chi connectivity index (χ1v) is 11.6. The van der Waals surface area contributed by atoms with E-state index in [-0.39, 0.29) is 6.61 Å². The number of fused-ring (bicyclic) bond motifs is 5. The van der Waals surface area contributed by atoms with E-state index >= 15 is 0 Å². The van der Waals surface area contributed by atoms with Crippen LogP contribution in [0.5, 0.6) is 0 Å². The minimum absolute atomic E-state index is 0.0614. The minimum atomic E-state index is -0.448. The molecule has 1 aromatic heterocycles. The van der Waals surface area contributed by atoms with Crippen LogP contribution in [0.15, 0.2) is 10.6 Å².